The number of ether oxygens (including phenoxy) is 3. The van der Waals surface area contributed by atoms with Crippen LogP contribution in [0, 0.1) is 6.92 Å². The van der Waals surface area contributed by atoms with Crippen molar-refractivity contribution in [2.75, 3.05) is 38.5 Å². The molecule has 0 saturated carbocycles. The molecule has 1 aromatic heterocycles. The van der Waals surface area contributed by atoms with Crippen LogP contribution >= 0.6 is 0 Å². The molecule has 7 heteroatoms. The van der Waals surface area contributed by atoms with Crippen LogP contribution in [0.15, 0.2) is 29.8 Å². The Balaban J connectivity index is 1.72. The summed E-state index contributed by atoms with van der Waals surface area (Å²) in [6, 6.07) is 5.61. The molecule has 1 aliphatic rings. The molecule has 2 N–H and O–H groups in total. The van der Waals surface area contributed by atoms with Crippen LogP contribution in [-0.2, 0) is 0 Å². The second-order valence-corrected chi connectivity index (χ2v) is 7.01. The lowest BCUT2D eigenvalue weighted by Gasteiger charge is -2.16. The lowest BCUT2D eigenvalue weighted by Crippen LogP contribution is -2.08. The minimum absolute atomic E-state index is 0.554. The Kier molecular flexibility index (Phi) is 7.16. The van der Waals surface area contributed by atoms with Crippen molar-refractivity contribution < 1.29 is 14.2 Å². The highest BCUT2D eigenvalue weighted by Gasteiger charge is 2.14. The number of anilines is 3. The van der Waals surface area contributed by atoms with Crippen LogP contribution < -0.4 is 24.8 Å². The third-order valence-corrected chi connectivity index (χ3v) is 4.91. The van der Waals surface area contributed by atoms with Gasteiger partial charge < -0.3 is 24.8 Å². The Labute approximate surface area is 172 Å². The summed E-state index contributed by atoms with van der Waals surface area (Å²) in [7, 11) is 4.78. The van der Waals surface area contributed by atoms with Gasteiger partial charge in [-0.05, 0) is 39.0 Å². The first kappa shape index (κ1) is 20.8. The maximum atomic E-state index is 5.42. The molecular formula is C22H30N4O3. The summed E-state index contributed by atoms with van der Waals surface area (Å²) in [5.41, 5.74) is 2.33. The first-order valence-electron chi connectivity index (χ1n) is 9.97. The Hall–Kier alpha value is -2.96. The molecule has 0 radical (unpaired) electrons. The number of rotatable bonds is 9. The van der Waals surface area contributed by atoms with Crippen molar-refractivity contribution in [1.82, 2.24) is 9.97 Å². The fourth-order valence-corrected chi connectivity index (χ4v) is 3.51. The molecule has 2 aromatic rings. The minimum Gasteiger partial charge on any atom is -0.493 e. The first-order chi connectivity index (χ1) is 14.1. The van der Waals surface area contributed by atoms with Gasteiger partial charge in [-0.1, -0.05) is 11.6 Å². The molecule has 0 aliphatic heterocycles. The van der Waals surface area contributed by atoms with E-state index in [2.05, 4.69) is 26.7 Å². The van der Waals surface area contributed by atoms with Crippen LogP contribution in [0.3, 0.4) is 0 Å². The van der Waals surface area contributed by atoms with Crippen molar-refractivity contribution in [1.29, 1.82) is 0 Å². The van der Waals surface area contributed by atoms with Crippen LogP contribution in [-0.4, -0.2) is 37.8 Å². The monoisotopic (exact) mass is 398 g/mol. The Morgan fingerprint density at radius 2 is 1.66 bits per heavy atom. The van der Waals surface area contributed by atoms with Gasteiger partial charge >= 0.3 is 0 Å². The summed E-state index contributed by atoms with van der Waals surface area (Å²) in [4.78, 5) is 9.00. The first-order valence-corrected chi connectivity index (χ1v) is 9.97. The summed E-state index contributed by atoms with van der Waals surface area (Å²) >= 11 is 0. The summed E-state index contributed by atoms with van der Waals surface area (Å²) in [6.07, 6.45) is 8.50. The maximum Gasteiger partial charge on any atom is 0.203 e. The molecule has 0 spiro atoms. The molecule has 1 aromatic carbocycles. The van der Waals surface area contributed by atoms with E-state index >= 15 is 0 Å². The highest BCUT2D eigenvalue weighted by Crippen LogP contribution is 2.40. The average Bonchev–Trinajstić information content (AvgIpc) is 2.73. The van der Waals surface area contributed by atoms with Crippen molar-refractivity contribution in [2.24, 2.45) is 0 Å². The molecule has 0 atom stereocenters. The standard InChI is InChI=1S/C22H30N4O3/c1-15-24-20(23-11-10-16-8-6-5-7-9-16)14-21(25-15)26-17-12-18(27-2)22(29-4)19(13-17)28-3/h8,12-14H,5-7,9-11H2,1-4H3,(H2,23,24,25,26). The number of aromatic nitrogens is 2. The van der Waals surface area contributed by atoms with Crippen LogP contribution in [0.5, 0.6) is 17.2 Å². The van der Waals surface area contributed by atoms with Crippen molar-refractivity contribution in [3.63, 3.8) is 0 Å². The number of methoxy groups -OCH3 is 3. The predicted octanol–water partition coefficient (Wildman–Crippen LogP) is 4.86. The van der Waals surface area contributed by atoms with Gasteiger partial charge in [0.2, 0.25) is 5.75 Å². The molecule has 0 unspecified atom stereocenters. The molecule has 156 valence electrons. The number of nitrogens with one attached hydrogen (secondary N) is 2. The van der Waals surface area contributed by atoms with Gasteiger partial charge in [-0.15, -0.1) is 0 Å². The lowest BCUT2D eigenvalue weighted by atomic mass is 9.97. The van der Waals surface area contributed by atoms with Crippen LogP contribution in [0.4, 0.5) is 17.3 Å². The van der Waals surface area contributed by atoms with E-state index in [1.54, 1.807) is 26.9 Å². The number of allylic oxidation sites excluding steroid dienone is 1. The molecule has 0 bridgehead atoms. The van der Waals surface area contributed by atoms with E-state index in [1.807, 2.05) is 25.1 Å². The molecule has 0 amide bonds. The number of benzene rings is 1. The molecule has 1 aliphatic carbocycles. The van der Waals surface area contributed by atoms with Gasteiger partial charge in [0.05, 0.1) is 21.3 Å². The third kappa shape index (κ3) is 5.53. The average molecular weight is 399 g/mol. The largest absolute Gasteiger partial charge is 0.493 e. The summed E-state index contributed by atoms with van der Waals surface area (Å²) in [5, 5.41) is 6.73. The highest BCUT2D eigenvalue weighted by molar-refractivity contribution is 5.67. The number of hydrogen-bond acceptors (Lipinski definition) is 7. The molecule has 1 heterocycles. The van der Waals surface area contributed by atoms with Crippen LogP contribution in [0.25, 0.3) is 0 Å². The van der Waals surface area contributed by atoms with Crippen molar-refractivity contribution in [2.45, 2.75) is 39.0 Å². The van der Waals surface area contributed by atoms with Gasteiger partial charge in [0.25, 0.3) is 0 Å². The topological polar surface area (TPSA) is 77.5 Å². The Morgan fingerprint density at radius 3 is 2.28 bits per heavy atom. The van der Waals surface area contributed by atoms with E-state index in [0.717, 1.165) is 24.5 Å². The predicted molar refractivity (Wildman–Crippen MR) is 116 cm³/mol. The number of aryl methyl sites for hydroxylation is 1. The molecule has 29 heavy (non-hydrogen) atoms. The molecule has 0 fully saturated rings. The summed E-state index contributed by atoms with van der Waals surface area (Å²) < 4.78 is 16.2. The number of hydrogen-bond donors (Lipinski definition) is 2. The highest BCUT2D eigenvalue weighted by atomic mass is 16.5. The van der Waals surface area contributed by atoms with Crippen LogP contribution in [0.1, 0.15) is 37.9 Å². The van der Waals surface area contributed by atoms with E-state index in [1.165, 1.54) is 25.7 Å². The van der Waals surface area contributed by atoms with Crippen molar-refractivity contribution in [3.8, 4) is 17.2 Å². The Bertz CT molecular complexity index is 842. The van der Waals surface area contributed by atoms with Gasteiger partial charge in [-0.2, -0.15) is 0 Å². The zero-order valence-corrected chi connectivity index (χ0v) is 17.7. The molecule has 3 rings (SSSR count). The zero-order chi connectivity index (χ0) is 20.6. The molecule has 7 nitrogen and oxygen atoms in total. The van der Waals surface area contributed by atoms with E-state index in [4.69, 9.17) is 14.2 Å². The fourth-order valence-electron chi connectivity index (χ4n) is 3.51. The van der Waals surface area contributed by atoms with E-state index < -0.39 is 0 Å². The van der Waals surface area contributed by atoms with Gasteiger partial charge in [-0.3, -0.25) is 0 Å². The summed E-state index contributed by atoms with van der Waals surface area (Å²) in [6.45, 7) is 2.75. The van der Waals surface area contributed by atoms with Crippen molar-refractivity contribution in [3.05, 3.63) is 35.7 Å². The smallest absolute Gasteiger partial charge is 0.203 e. The van der Waals surface area contributed by atoms with E-state index in [-0.39, 0.29) is 0 Å². The number of nitrogens with zero attached hydrogens (tertiary/aromatic N) is 2. The lowest BCUT2D eigenvalue weighted by molar-refractivity contribution is 0.324. The zero-order valence-electron chi connectivity index (χ0n) is 17.7. The minimum atomic E-state index is 0.554. The molecular weight excluding hydrogens is 368 g/mol. The van der Waals surface area contributed by atoms with Crippen LogP contribution in [0.2, 0.25) is 0 Å². The van der Waals surface area contributed by atoms with Gasteiger partial charge in [0, 0.05) is 30.4 Å². The third-order valence-electron chi connectivity index (χ3n) is 4.91. The fraction of sp³-hybridized carbons (Fsp3) is 0.455. The van der Waals surface area contributed by atoms with E-state index in [0.29, 0.717) is 28.9 Å². The molecule has 0 saturated heterocycles. The SMILES string of the molecule is COc1cc(Nc2cc(NCCC3=CCCCC3)nc(C)n2)cc(OC)c1OC. The second kappa shape index (κ2) is 10.0. The second-order valence-electron chi connectivity index (χ2n) is 7.01. The van der Waals surface area contributed by atoms with E-state index in [9.17, 15) is 0 Å². The Morgan fingerprint density at radius 1 is 0.931 bits per heavy atom. The van der Waals surface area contributed by atoms with Gasteiger partial charge in [0.15, 0.2) is 11.5 Å². The quantitative estimate of drug-likeness (QED) is 0.584. The summed E-state index contributed by atoms with van der Waals surface area (Å²) in [5.74, 6) is 3.93. The maximum absolute atomic E-state index is 5.42. The van der Waals surface area contributed by atoms with Gasteiger partial charge in [-0.25, -0.2) is 9.97 Å². The van der Waals surface area contributed by atoms with Gasteiger partial charge in [0.1, 0.15) is 17.5 Å². The van der Waals surface area contributed by atoms with Crippen molar-refractivity contribution >= 4 is 17.3 Å². The normalized spacial score (nSPS) is 13.4.